The summed E-state index contributed by atoms with van der Waals surface area (Å²) in [4.78, 5) is 12.6. The molecule has 0 bridgehead atoms. The molecule has 5 nitrogen and oxygen atoms in total. The molecule has 1 aliphatic carbocycles. The zero-order valence-corrected chi connectivity index (χ0v) is 18.5. The summed E-state index contributed by atoms with van der Waals surface area (Å²) in [6.45, 7) is 0.766. The Labute approximate surface area is 194 Å². The van der Waals surface area contributed by atoms with Crippen molar-refractivity contribution >= 4 is 23.3 Å². The molecular weight excluding hydrogens is 453 g/mol. The topological polar surface area (TPSA) is 69.8 Å². The molecule has 0 radical (unpaired) electrons. The third kappa shape index (κ3) is 5.68. The molecule has 1 heterocycles. The van der Waals surface area contributed by atoms with E-state index in [0.717, 1.165) is 67.4 Å². The fraction of sp³-hybridized carbons (Fsp3) is 0.333. The molecule has 0 atom stereocenters. The number of hydrogen-bond acceptors (Lipinski definition) is 3. The molecule has 9 heteroatoms. The van der Waals surface area contributed by atoms with Gasteiger partial charge < -0.3 is 10.6 Å². The molecule has 33 heavy (non-hydrogen) atoms. The molecule has 4 rings (SSSR count). The molecule has 2 aromatic carbocycles. The smallest absolute Gasteiger partial charge is 0.370 e. The van der Waals surface area contributed by atoms with E-state index >= 15 is 0 Å². The number of anilines is 1. The molecule has 174 valence electrons. The number of aromatic nitrogens is 2. The Hall–Kier alpha value is -3.00. The number of hydrogen-bond donors (Lipinski definition) is 3. The maximum atomic E-state index is 13.0. The molecular formula is C24H24ClF3N4O. The lowest BCUT2D eigenvalue weighted by molar-refractivity contribution is -0.137. The maximum Gasteiger partial charge on any atom is 0.416 e. The van der Waals surface area contributed by atoms with E-state index < -0.39 is 17.6 Å². The van der Waals surface area contributed by atoms with Crippen LogP contribution in [-0.2, 0) is 6.18 Å². The highest BCUT2D eigenvalue weighted by molar-refractivity contribution is 6.33. The first kappa shape index (κ1) is 23.2. The van der Waals surface area contributed by atoms with Gasteiger partial charge in [0.1, 0.15) is 5.82 Å². The number of H-pyrrole nitrogens is 1. The van der Waals surface area contributed by atoms with E-state index in [1.165, 1.54) is 0 Å². The average molecular weight is 477 g/mol. The third-order valence-electron chi connectivity index (χ3n) is 6.01. The van der Waals surface area contributed by atoms with Crippen LogP contribution in [-0.4, -0.2) is 28.7 Å². The van der Waals surface area contributed by atoms with Gasteiger partial charge in [0.2, 0.25) is 0 Å². The molecule has 1 saturated carbocycles. The van der Waals surface area contributed by atoms with Gasteiger partial charge in [-0.15, -0.1) is 0 Å². The number of rotatable bonds is 6. The Bertz CT molecular complexity index is 1090. The van der Waals surface area contributed by atoms with Crippen LogP contribution in [0.3, 0.4) is 0 Å². The molecule has 0 aliphatic heterocycles. The molecule has 1 aromatic heterocycles. The number of alkyl halides is 3. The zero-order chi connectivity index (χ0) is 23.4. The molecule has 0 saturated heterocycles. The summed E-state index contributed by atoms with van der Waals surface area (Å²) >= 11 is 5.98. The number of nitrogens with zero attached hydrogens (tertiary/aromatic N) is 1. The second-order valence-corrected chi connectivity index (χ2v) is 8.70. The van der Waals surface area contributed by atoms with E-state index in [1.807, 2.05) is 30.3 Å². The van der Waals surface area contributed by atoms with Gasteiger partial charge in [-0.25, -0.2) is 0 Å². The zero-order valence-electron chi connectivity index (χ0n) is 17.8. The number of aromatic amines is 1. The Morgan fingerprint density at radius 1 is 1.09 bits per heavy atom. The van der Waals surface area contributed by atoms with Gasteiger partial charge in [-0.05, 0) is 55.4 Å². The van der Waals surface area contributed by atoms with Crippen molar-refractivity contribution in [3.8, 4) is 11.1 Å². The Morgan fingerprint density at radius 3 is 2.52 bits per heavy atom. The normalized spacial score (nSPS) is 18.7. The van der Waals surface area contributed by atoms with E-state index in [9.17, 15) is 18.0 Å². The van der Waals surface area contributed by atoms with Crippen molar-refractivity contribution in [1.29, 1.82) is 0 Å². The van der Waals surface area contributed by atoms with Crippen molar-refractivity contribution in [2.45, 2.75) is 37.9 Å². The summed E-state index contributed by atoms with van der Waals surface area (Å²) in [5.41, 5.74) is 1.05. The summed E-state index contributed by atoms with van der Waals surface area (Å²) in [6, 6.07) is 12.7. The molecule has 1 amide bonds. The number of amides is 1. The minimum absolute atomic E-state index is 0.00663. The van der Waals surface area contributed by atoms with Gasteiger partial charge in [0.25, 0.3) is 5.91 Å². The highest BCUT2D eigenvalue weighted by Gasteiger charge is 2.32. The van der Waals surface area contributed by atoms with Gasteiger partial charge in [0.05, 0.1) is 22.3 Å². The molecule has 1 aliphatic rings. The molecule has 3 N–H and O–H groups in total. The largest absolute Gasteiger partial charge is 0.416 e. The first-order valence-electron chi connectivity index (χ1n) is 10.8. The standard InChI is InChI=1S/C24H24ClF3N4O/c25-21-11-8-17(24(26,27)28)12-19(21)23(33)31-18-9-6-15(7-10-18)13-29-22-20(14-30-32-22)16-4-2-1-3-5-16/h1-5,8,11-12,14-15,18H,6-7,9-10,13H2,(H,31,33)(H2,29,30,32). The van der Waals surface area contributed by atoms with Gasteiger partial charge in [-0.2, -0.15) is 18.3 Å². The first-order chi connectivity index (χ1) is 15.8. The van der Waals surface area contributed by atoms with E-state index in [-0.39, 0.29) is 16.6 Å². The van der Waals surface area contributed by atoms with Gasteiger partial charge in [-0.1, -0.05) is 41.9 Å². The van der Waals surface area contributed by atoms with Crippen molar-refractivity contribution in [3.63, 3.8) is 0 Å². The van der Waals surface area contributed by atoms with Crippen molar-refractivity contribution in [2.75, 3.05) is 11.9 Å². The van der Waals surface area contributed by atoms with Crippen molar-refractivity contribution in [3.05, 3.63) is 70.9 Å². The third-order valence-corrected chi connectivity index (χ3v) is 6.34. The van der Waals surface area contributed by atoms with Crippen LogP contribution in [0.4, 0.5) is 19.0 Å². The fourth-order valence-corrected chi connectivity index (χ4v) is 4.36. The summed E-state index contributed by atoms with van der Waals surface area (Å²) in [5.74, 6) is 0.718. The van der Waals surface area contributed by atoms with Crippen molar-refractivity contribution in [1.82, 2.24) is 15.5 Å². The van der Waals surface area contributed by atoms with E-state index in [1.54, 1.807) is 6.20 Å². The van der Waals surface area contributed by atoms with E-state index in [2.05, 4.69) is 20.8 Å². The van der Waals surface area contributed by atoms with Gasteiger partial charge in [-0.3, -0.25) is 9.89 Å². The van der Waals surface area contributed by atoms with Crippen molar-refractivity contribution < 1.29 is 18.0 Å². The van der Waals surface area contributed by atoms with Crippen LogP contribution in [0.5, 0.6) is 0 Å². The second kappa shape index (κ2) is 9.87. The number of benzene rings is 2. The number of carbonyl (C=O) groups is 1. The lowest BCUT2D eigenvalue weighted by Gasteiger charge is -2.29. The van der Waals surface area contributed by atoms with Crippen LogP contribution >= 0.6 is 11.6 Å². The number of halogens is 4. The Balaban J connectivity index is 1.29. The van der Waals surface area contributed by atoms with Crippen LogP contribution in [0.15, 0.2) is 54.7 Å². The maximum absolute atomic E-state index is 13.0. The highest BCUT2D eigenvalue weighted by Crippen LogP contribution is 2.32. The minimum atomic E-state index is -4.53. The predicted molar refractivity (Wildman–Crippen MR) is 122 cm³/mol. The highest BCUT2D eigenvalue weighted by atomic mass is 35.5. The fourth-order valence-electron chi connectivity index (χ4n) is 4.15. The lowest BCUT2D eigenvalue weighted by atomic mass is 9.86. The monoisotopic (exact) mass is 476 g/mol. The van der Waals surface area contributed by atoms with Crippen LogP contribution in [0, 0.1) is 5.92 Å². The SMILES string of the molecule is O=C(NC1CCC(CNc2[nH]ncc2-c2ccccc2)CC1)c1cc(C(F)(F)F)ccc1Cl. The van der Waals surface area contributed by atoms with Gasteiger partial charge in [0.15, 0.2) is 0 Å². The van der Waals surface area contributed by atoms with Crippen LogP contribution in [0.1, 0.15) is 41.6 Å². The summed E-state index contributed by atoms with van der Waals surface area (Å²) in [7, 11) is 0. The van der Waals surface area contributed by atoms with E-state index in [0.29, 0.717) is 5.92 Å². The van der Waals surface area contributed by atoms with Gasteiger partial charge >= 0.3 is 6.18 Å². The Kier molecular flexibility index (Phi) is 6.93. The number of carbonyl (C=O) groups excluding carboxylic acids is 1. The van der Waals surface area contributed by atoms with Crippen LogP contribution in [0.25, 0.3) is 11.1 Å². The second-order valence-electron chi connectivity index (χ2n) is 8.29. The van der Waals surface area contributed by atoms with Gasteiger partial charge in [0, 0.05) is 18.2 Å². The number of nitrogens with one attached hydrogen (secondary N) is 3. The van der Waals surface area contributed by atoms with E-state index in [4.69, 9.17) is 11.6 Å². The Morgan fingerprint density at radius 2 is 1.82 bits per heavy atom. The van der Waals surface area contributed by atoms with Crippen molar-refractivity contribution in [2.24, 2.45) is 5.92 Å². The molecule has 1 fully saturated rings. The summed E-state index contributed by atoms with van der Waals surface area (Å²) in [6.07, 6.45) is 0.557. The summed E-state index contributed by atoms with van der Waals surface area (Å²) in [5, 5.41) is 13.5. The first-order valence-corrected chi connectivity index (χ1v) is 11.2. The summed E-state index contributed by atoms with van der Waals surface area (Å²) < 4.78 is 38.9. The lowest BCUT2D eigenvalue weighted by Crippen LogP contribution is -2.38. The minimum Gasteiger partial charge on any atom is -0.370 e. The average Bonchev–Trinajstić information content (AvgIpc) is 3.27. The van der Waals surface area contributed by atoms with Crippen LogP contribution < -0.4 is 10.6 Å². The molecule has 0 unspecified atom stereocenters. The predicted octanol–water partition coefficient (Wildman–Crippen LogP) is 6.15. The molecule has 3 aromatic rings. The van der Waals surface area contributed by atoms with Crippen LogP contribution in [0.2, 0.25) is 5.02 Å². The molecule has 0 spiro atoms. The quantitative estimate of drug-likeness (QED) is 0.399.